The van der Waals surface area contributed by atoms with Gasteiger partial charge in [0.25, 0.3) is 0 Å². The Morgan fingerprint density at radius 1 is 1.26 bits per heavy atom. The van der Waals surface area contributed by atoms with E-state index < -0.39 is 0 Å². The van der Waals surface area contributed by atoms with Crippen LogP contribution in [0.5, 0.6) is 17.2 Å². The second-order valence-corrected chi connectivity index (χ2v) is 5.05. The molecular weight excluding hydrogens is 262 g/mol. The van der Waals surface area contributed by atoms with Gasteiger partial charge in [-0.25, -0.2) is 0 Å². The van der Waals surface area contributed by atoms with Gasteiger partial charge in [0, 0.05) is 6.07 Å². The van der Waals surface area contributed by atoms with Crippen LogP contribution in [0.25, 0.3) is 0 Å². The number of benzene rings is 1. The maximum absolute atomic E-state index is 5.87. The molecular formula is C14H15NO3S. The third-order valence-corrected chi connectivity index (χ3v) is 3.68. The summed E-state index contributed by atoms with van der Waals surface area (Å²) < 4.78 is 16.6. The summed E-state index contributed by atoms with van der Waals surface area (Å²) >= 11 is 1.66. The topological polar surface area (TPSA) is 53.7 Å². The van der Waals surface area contributed by atoms with Gasteiger partial charge in [0.05, 0.1) is 0 Å². The average Bonchev–Trinajstić information content (AvgIpc) is 3.07. The van der Waals surface area contributed by atoms with Crippen molar-refractivity contribution >= 4 is 11.3 Å². The first-order valence-electron chi connectivity index (χ1n) is 6.13. The third kappa shape index (κ3) is 2.67. The molecule has 1 aromatic heterocycles. The number of hydrogen-bond donors (Lipinski definition) is 1. The van der Waals surface area contributed by atoms with Gasteiger partial charge in [-0.1, -0.05) is 0 Å². The summed E-state index contributed by atoms with van der Waals surface area (Å²) in [6, 6.07) is 5.90. The Morgan fingerprint density at radius 2 is 2.11 bits per heavy atom. The van der Waals surface area contributed by atoms with Crippen LogP contribution in [-0.2, 0) is 13.0 Å². The fourth-order valence-corrected chi connectivity index (χ4v) is 2.64. The highest BCUT2D eigenvalue weighted by atomic mass is 32.1. The van der Waals surface area contributed by atoms with Crippen LogP contribution in [0.1, 0.15) is 11.1 Å². The zero-order valence-corrected chi connectivity index (χ0v) is 11.2. The van der Waals surface area contributed by atoms with Crippen LogP contribution in [0.2, 0.25) is 0 Å². The molecule has 1 aliphatic heterocycles. The van der Waals surface area contributed by atoms with Gasteiger partial charge in [-0.2, -0.15) is 11.3 Å². The Kier molecular flexibility index (Phi) is 3.57. The molecule has 0 radical (unpaired) electrons. The summed E-state index contributed by atoms with van der Waals surface area (Å²) in [5.74, 6) is 2.33. The quantitative estimate of drug-likeness (QED) is 0.912. The Balaban J connectivity index is 1.82. The summed E-state index contributed by atoms with van der Waals surface area (Å²) in [6.45, 7) is 1.40. The number of fused-ring (bicyclic) bond motifs is 1. The summed E-state index contributed by atoms with van der Waals surface area (Å²) in [5.41, 5.74) is 7.86. The van der Waals surface area contributed by atoms with E-state index in [-0.39, 0.29) is 6.79 Å². The lowest BCUT2D eigenvalue weighted by Gasteiger charge is -2.11. The smallest absolute Gasteiger partial charge is 0.231 e. The van der Waals surface area contributed by atoms with Gasteiger partial charge in [-0.3, -0.25) is 0 Å². The van der Waals surface area contributed by atoms with Gasteiger partial charge in [0.1, 0.15) is 12.4 Å². The van der Waals surface area contributed by atoms with Crippen molar-refractivity contribution in [1.82, 2.24) is 0 Å². The minimum absolute atomic E-state index is 0.269. The molecule has 2 aromatic rings. The third-order valence-electron chi connectivity index (χ3n) is 2.94. The fraction of sp³-hybridized carbons (Fsp3) is 0.286. The molecule has 100 valence electrons. The Morgan fingerprint density at radius 3 is 2.84 bits per heavy atom. The second kappa shape index (κ2) is 5.50. The van der Waals surface area contributed by atoms with E-state index in [0.717, 1.165) is 29.2 Å². The van der Waals surface area contributed by atoms with Crippen LogP contribution < -0.4 is 19.9 Å². The van der Waals surface area contributed by atoms with E-state index in [1.165, 1.54) is 5.56 Å². The molecule has 0 bridgehead atoms. The Labute approximate surface area is 115 Å². The van der Waals surface area contributed by atoms with Crippen molar-refractivity contribution in [2.24, 2.45) is 5.73 Å². The molecule has 1 aliphatic rings. The van der Waals surface area contributed by atoms with E-state index in [1.54, 1.807) is 11.3 Å². The van der Waals surface area contributed by atoms with E-state index in [4.69, 9.17) is 19.9 Å². The highest BCUT2D eigenvalue weighted by Gasteiger charge is 2.17. The average molecular weight is 277 g/mol. The highest BCUT2D eigenvalue weighted by Crippen LogP contribution is 2.38. The van der Waals surface area contributed by atoms with Crippen molar-refractivity contribution in [2.75, 3.05) is 13.3 Å². The van der Waals surface area contributed by atoms with Crippen LogP contribution in [-0.4, -0.2) is 13.3 Å². The molecule has 3 rings (SSSR count). The van der Waals surface area contributed by atoms with Crippen LogP contribution in [0.3, 0.4) is 0 Å². The molecule has 2 heterocycles. The summed E-state index contributed by atoms with van der Waals surface area (Å²) in [6.07, 6.45) is 0.760. The molecule has 1 aromatic carbocycles. The SMILES string of the molecule is NCCc1cc2c(cc1OCc1ccsc1)OCO2. The number of thiophene rings is 1. The van der Waals surface area contributed by atoms with Gasteiger partial charge in [0.15, 0.2) is 11.5 Å². The number of ether oxygens (including phenoxy) is 3. The lowest BCUT2D eigenvalue weighted by Crippen LogP contribution is -2.05. The largest absolute Gasteiger partial charge is 0.488 e. The molecule has 19 heavy (non-hydrogen) atoms. The van der Waals surface area contributed by atoms with Gasteiger partial charge in [0.2, 0.25) is 6.79 Å². The van der Waals surface area contributed by atoms with E-state index in [9.17, 15) is 0 Å². The molecule has 0 unspecified atom stereocenters. The molecule has 0 saturated carbocycles. The van der Waals surface area contributed by atoms with Gasteiger partial charge in [-0.15, -0.1) is 0 Å². The number of rotatable bonds is 5. The van der Waals surface area contributed by atoms with Crippen LogP contribution in [0.4, 0.5) is 0 Å². The first kappa shape index (κ1) is 12.3. The number of hydrogen-bond acceptors (Lipinski definition) is 5. The molecule has 2 N–H and O–H groups in total. The van der Waals surface area contributed by atoms with Crippen molar-refractivity contribution in [3.05, 3.63) is 40.1 Å². The molecule has 0 aliphatic carbocycles. The second-order valence-electron chi connectivity index (χ2n) is 4.27. The Bertz CT molecular complexity index is 554. The maximum atomic E-state index is 5.87. The first-order valence-corrected chi connectivity index (χ1v) is 7.07. The molecule has 4 nitrogen and oxygen atoms in total. The zero-order valence-electron chi connectivity index (χ0n) is 10.4. The lowest BCUT2D eigenvalue weighted by molar-refractivity contribution is 0.173. The summed E-state index contributed by atoms with van der Waals surface area (Å²) in [7, 11) is 0. The summed E-state index contributed by atoms with van der Waals surface area (Å²) in [5, 5.41) is 4.12. The fourth-order valence-electron chi connectivity index (χ4n) is 1.99. The normalized spacial score (nSPS) is 12.7. The van der Waals surface area contributed by atoms with Crippen molar-refractivity contribution in [2.45, 2.75) is 13.0 Å². The zero-order chi connectivity index (χ0) is 13.1. The lowest BCUT2D eigenvalue weighted by atomic mass is 10.1. The molecule has 0 saturated heterocycles. The molecule has 0 fully saturated rings. The monoisotopic (exact) mass is 277 g/mol. The molecule has 0 amide bonds. The van der Waals surface area contributed by atoms with Gasteiger partial charge >= 0.3 is 0 Å². The van der Waals surface area contributed by atoms with Crippen molar-refractivity contribution in [1.29, 1.82) is 0 Å². The van der Waals surface area contributed by atoms with Crippen molar-refractivity contribution in [3.8, 4) is 17.2 Å². The predicted molar refractivity (Wildman–Crippen MR) is 74.0 cm³/mol. The predicted octanol–water partition coefficient (Wildman–Crippen LogP) is 2.56. The minimum atomic E-state index is 0.269. The van der Waals surface area contributed by atoms with Crippen LogP contribution in [0.15, 0.2) is 29.0 Å². The molecule has 5 heteroatoms. The number of nitrogens with two attached hydrogens (primary N) is 1. The van der Waals surface area contributed by atoms with Crippen molar-refractivity contribution < 1.29 is 14.2 Å². The minimum Gasteiger partial charge on any atom is -0.488 e. The van der Waals surface area contributed by atoms with Crippen LogP contribution >= 0.6 is 11.3 Å². The van der Waals surface area contributed by atoms with E-state index in [2.05, 4.69) is 11.4 Å². The first-order chi connectivity index (χ1) is 9.36. The maximum Gasteiger partial charge on any atom is 0.231 e. The standard InChI is InChI=1S/C14H15NO3S/c15-3-1-11-5-13-14(18-9-17-13)6-12(11)16-7-10-2-4-19-8-10/h2,4-6,8H,1,3,7,9,15H2. The summed E-state index contributed by atoms with van der Waals surface area (Å²) in [4.78, 5) is 0. The van der Waals surface area contributed by atoms with E-state index in [0.29, 0.717) is 13.2 Å². The van der Waals surface area contributed by atoms with Crippen LogP contribution in [0, 0.1) is 0 Å². The van der Waals surface area contributed by atoms with Gasteiger partial charge in [-0.05, 0) is 47.0 Å². The van der Waals surface area contributed by atoms with Crippen molar-refractivity contribution in [3.63, 3.8) is 0 Å². The Hall–Kier alpha value is -1.72. The molecule has 0 atom stereocenters. The van der Waals surface area contributed by atoms with E-state index >= 15 is 0 Å². The van der Waals surface area contributed by atoms with Gasteiger partial charge < -0.3 is 19.9 Å². The molecule has 0 spiro atoms. The highest BCUT2D eigenvalue weighted by molar-refractivity contribution is 7.07. The van der Waals surface area contributed by atoms with E-state index in [1.807, 2.05) is 17.5 Å².